The molecule has 0 bridgehead atoms. The average Bonchev–Trinajstić information content (AvgIpc) is 3.24. The van der Waals surface area contributed by atoms with Gasteiger partial charge in [0.25, 0.3) is 0 Å². The Morgan fingerprint density at radius 1 is 1.03 bits per heavy atom. The Bertz CT molecular complexity index is 933. The van der Waals surface area contributed by atoms with Crippen molar-refractivity contribution in [2.24, 2.45) is 0 Å². The summed E-state index contributed by atoms with van der Waals surface area (Å²) >= 11 is 6.04. The quantitative estimate of drug-likeness (QED) is 0.705. The Balaban J connectivity index is 1.44. The van der Waals surface area contributed by atoms with Gasteiger partial charge in [0, 0.05) is 19.6 Å². The van der Waals surface area contributed by atoms with Crippen LogP contribution in [-0.2, 0) is 14.3 Å². The van der Waals surface area contributed by atoms with Gasteiger partial charge in [-0.15, -0.1) is 0 Å². The number of morpholine rings is 1. The van der Waals surface area contributed by atoms with E-state index >= 15 is 0 Å². The number of amides is 2. The number of hydrogen-bond donors (Lipinski definition) is 2. The van der Waals surface area contributed by atoms with Crippen LogP contribution in [0.3, 0.4) is 0 Å². The van der Waals surface area contributed by atoms with Gasteiger partial charge in [0.15, 0.2) is 11.5 Å². The molecular weight excluding hydrogens is 410 g/mol. The van der Waals surface area contributed by atoms with E-state index < -0.39 is 11.8 Å². The topological polar surface area (TPSA) is 89.1 Å². The summed E-state index contributed by atoms with van der Waals surface area (Å²) in [6.45, 7) is 3.12. The van der Waals surface area contributed by atoms with Gasteiger partial charge in [0.1, 0.15) is 0 Å². The van der Waals surface area contributed by atoms with Crippen LogP contribution in [0.4, 0.5) is 5.69 Å². The third-order valence-electron chi connectivity index (χ3n) is 5.05. The maximum Gasteiger partial charge on any atom is 0.313 e. The Hall–Kier alpha value is -2.81. The molecule has 2 N–H and O–H groups in total. The van der Waals surface area contributed by atoms with E-state index in [1.54, 1.807) is 24.3 Å². The highest BCUT2D eigenvalue weighted by Gasteiger charge is 2.26. The van der Waals surface area contributed by atoms with Gasteiger partial charge in [0.05, 0.1) is 30.0 Å². The molecule has 2 aliphatic rings. The van der Waals surface area contributed by atoms with Gasteiger partial charge in [-0.05, 0) is 29.8 Å². The highest BCUT2D eigenvalue weighted by Crippen LogP contribution is 2.35. The minimum absolute atomic E-state index is 0.138. The van der Waals surface area contributed by atoms with Gasteiger partial charge in [-0.3, -0.25) is 14.5 Å². The van der Waals surface area contributed by atoms with Crippen LogP contribution in [-0.4, -0.2) is 56.4 Å². The molecule has 0 saturated carbocycles. The number of halogens is 1. The zero-order valence-electron chi connectivity index (χ0n) is 16.2. The number of ether oxygens (including phenoxy) is 3. The van der Waals surface area contributed by atoms with Crippen molar-refractivity contribution in [3.63, 3.8) is 0 Å². The molecule has 0 spiro atoms. The van der Waals surface area contributed by atoms with Gasteiger partial charge in [-0.2, -0.15) is 0 Å². The van der Waals surface area contributed by atoms with Crippen LogP contribution in [0.25, 0.3) is 0 Å². The van der Waals surface area contributed by atoms with Crippen molar-refractivity contribution < 1.29 is 23.8 Å². The normalized spacial score (nSPS) is 16.7. The Morgan fingerprint density at radius 3 is 2.60 bits per heavy atom. The SMILES string of the molecule is O=C(NC[C@H](c1ccc2c(c1)OCO2)N1CCOCC1)C(=O)Nc1ccccc1Cl. The van der Waals surface area contributed by atoms with Crippen molar-refractivity contribution in [1.29, 1.82) is 0 Å². The molecule has 4 rings (SSSR count). The summed E-state index contributed by atoms with van der Waals surface area (Å²) in [4.78, 5) is 26.9. The monoisotopic (exact) mass is 431 g/mol. The molecule has 9 heteroatoms. The maximum absolute atomic E-state index is 12.4. The summed E-state index contributed by atoms with van der Waals surface area (Å²) < 4.78 is 16.3. The first-order chi connectivity index (χ1) is 14.6. The summed E-state index contributed by atoms with van der Waals surface area (Å²) in [7, 11) is 0. The molecule has 1 atom stereocenters. The first kappa shape index (κ1) is 20.5. The van der Waals surface area contributed by atoms with Crippen LogP contribution in [0, 0.1) is 0 Å². The van der Waals surface area contributed by atoms with E-state index in [1.165, 1.54) is 0 Å². The number of fused-ring (bicyclic) bond motifs is 1. The molecule has 1 saturated heterocycles. The molecule has 158 valence electrons. The fraction of sp³-hybridized carbons (Fsp3) is 0.333. The summed E-state index contributed by atoms with van der Waals surface area (Å²) in [6.07, 6.45) is 0. The molecular formula is C21H22ClN3O5. The highest BCUT2D eigenvalue weighted by molar-refractivity contribution is 6.41. The fourth-order valence-electron chi connectivity index (χ4n) is 3.48. The highest BCUT2D eigenvalue weighted by atomic mass is 35.5. The number of carbonyl (C=O) groups is 2. The zero-order valence-corrected chi connectivity index (χ0v) is 17.0. The molecule has 2 aliphatic heterocycles. The van der Waals surface area contributed by atoms with E-state index in [-0.39, 0.29) is 19.4 Å². The van der Waals surface area contributed by atoms with Crippen LogP contribution in [0.15, 0.2) is 42.5 Å². The molecule has 2 aromatic rings. The predicted molar refractivity (Wildman–Crippen MR) is 111 cm³/mol. The van der Waals surface area contributed by atoms with E-state index in [2.05, 4.69) is 15.5 Å². The van der Waals surface area contributed by atoms with E-state index in [0.29, 0.717) is 35.4 Å². The van der Waals surface area contributed by atoms with E-state index in [4.69, 9.17) is 25.8 Å². The van der Waals surface area contributed by atoms with Crippen molar-refractivity contribution in [2.45, 2.75) is 6.04 Å². The number of nitrogens with zero attached hydrogens (tertiary/aromatic N) is 1. The molecule has 0 aromatic heterocycles. The second-order valence-corrected chi connectivity index (χ2v) is 7.33. The number of para-hydroxylation sites is 1. The van der Waals surface area contributed by atoms with Crippen molar-refractivity contribution >= 4 is 29.1 Å². The number of hydrogen-bond acceptors (Lipinski definition) is 6. The molecule has 8 nitrogen and oxygen atoms in total. The second kappa shape index (κ2) is 9.34. The molecule has 2 amide bonds. The molecule has 0 radical (unpaired) electrons. The van der Waals surface area contributed by atoms with Crippen LogP contribution < -0.4 is 20.1 Å². The van der Waals surface area contributed by atoms with Crippen molar-refractivity contribution in [1.82, 2.24) is 10.2 Å². The Labute approximate surface area is 179 Å². The molecule has 30 heavy (non-hydrogen) atoms. The minimum Gasteiger partial charge on any atom is -0.454 e. The maximum atomic E-state index is 12.4. The molecule has 0 aliphatic carbocycles. The number of rotatable bonds is 5. The lowest BCUT2D eigenvalue weighted by Crippen LogP contribution is -2.45. The molecule has 2 heterocycles. The molecule has 1 fully saturated rings. The predicted octanol–water partition coefficient (Wildman–Crippen LogP) is 2.20. The summed E-state index contributed by atoms with van der Waals surface area (Å²) in [5, 5.41) is 5.64. The average molecular weight is 432 g/mol. The summed E-state index contributed by atoms with van der Waals surface area (Å²) in [5.74, 6) is -0.125. The summed E-state index contributed by atoms with van der Waals surface area (Å²) in [5.41, 5.74) is 1.35. The van der Waals surface area contributed by atoms with Gasteiger partial charge in [0.2, 0.25) is 6.79 Å². The number of carbonyl (C=O) groups excluding carboxylic acids is 2. The number of nitrogens with one attached hydrogen (secondary N) is 2. The number of benzene rings is 2. The lowest BCUT2D eigenvalue weighted by molar-refractivity contribution is -0.136. The minimum atomic E-state index is -0.769. The molecule has 2 aromatic carbocycles. The second-order valence-electron chi connectivity index (χ2n) is 6.92. The number of anilines is 1. The molecule has 0 unspecified atom stereocenters. The van der Waals surface area contributed by atoms with Gasteiger partial charge in [-0.1, -0.05) is 29.8 Å². The van der Waals surface area contributed by atoms with E-state index in [1.807, 2.05) is 18.2 Å². The largest absolute Gasteiger partial charge is 0.454 e. The third kappa shape index (κ3) is 4.67. The standard InChI is InChI=1S/C21H22ClN3O5/c22-15-3-1-2-4-16(15)24-21(27)20(26)23-12-17(25-7-9-28-10-8-25)14-5-6-18-19(11-14)30-13-29-18/h1-6,11,17H,7-10,12-13H2,(H,23,26)(H,24,27)/t17-/m1/s1. The smallest absolute Gasteiger partial charge is 0.313 e. The zero-order chi connectivity index (χ0) is 20.9. The van der Waals surface area contributed by atoms with Gasteiger partial charge < -0.3 is 24.8 Å². The van der Waals surface area contributed by atoms with E-state index in [9.17, 15) is 9.59 Å². The first-order valence-electron chi connectivity index (χ1n) is 9.67. The lowest BCUT2D eigenvalue weighted by atomic mass is 10.0. The van der Waals surface area contributed by atoms with Crippen LogP contribution in [0.1, 0.15) is 11.6 Å². The fourth-order valence-corrected chi connectivity index (χ4v) is 3.66. The van der Waals surface area contributed by atoms with Crippen molar-refractivity contribution in [3.05, 3.63) is 53.1 Å². The van der Waals surface area contributed by atoms with Crippen molar-refractivity contribution in [2.75, 3.05) is 45.0 Å². The Morgan fingerprint density at radius 2 is 1.80 bits per heavy atom. The van der Waals surface area contributed by atoms with E-state index in [0.717, 1.165) is 18.7 Å². The third-order valence-corrected chi connectivity index (χ3v) is 5.38. The van der Waals surface area contributed by atoms with Crippen LogP contribution >= 0.6 is 11.6 Å². The first-order valence-corrected chi connectivity index (χ1v) is 10.0. The van der Waals surface area contributed by atoms with Gasteiger partial charge in [-0.25, -0.2) is 0 Å². The lowest BCUT2D eigenvalue weighted by Gasteiger charge is -2.34. The van der Waals surface area contributed by atoms with Crippen molar-refractivity contribution in [3.8, 4) is 11.5 Å². The Kier molecular flexibility index (Phi) is 6.37. The summed E-state index contributed by atoms with van der Waals surface area (Å²) in [6, 6.07) is 12.3. The van der Waals surface area contributed by atoms with Crippen LogP contribution in [0.5, 0.6) is 11.5 Å². The van der Waals surface area contributed by atoms with Crippen LogP contribution in [0.2, 0.25) is 5.02 Å². The van der Waals surface area contributed by atoms with Gasteiger partial charge >= 0.3 is 11.8 Å².